The molecule has 0 aliphatic heterocycles. The summed E-state index contributed by atoms with van der Waals surface area (Å²) in [5.41, 5.74) is 0.352. The molecule has 2 rings (SSSR count). The summed E-state index contributed by atoms with van der Waals surface area (Å²) in [7, 11) is 3.60. The number of imidazole rings is 1. The van der Waals surface area contributed by atoms with Crippen LogP contribution in [-0.2, 0) is 0 Å². The van der Waals surface area contributed by atoms with Gasteiger partial charge in [-0.3, -0.25) is 9.20 Å². The maximum absolute atomic E-state index is 13.5. The van der Waals surface area contributed by atoms with Crippen molar-refractivity contribution in [3.05, 3.63) is 47.3 Å². The molecule has 18 heavy (non-hydrogen) atoms. The predicted octanol–water partition coefficient (Wildman–Crippen LogP) is 2.38. The van der Waals surface area contributed by atoms with Crippen LogP contribution in [0.15, 0.2) is 30.7 Å². The number of carbonyl (C=O) groups excluding carboxylic acids is 1. The number of rotatable bonds is 3. The number of fused-ring (bicyclic) bond motifs is 1. The van der Waals surface area contributed by atoms with Crippen molar-refractivity contribution in [3.8, 4) is 0 Å². The molecule has 0 unspecified atom stereocenters. The standard InChI is InChI=1S/C12H11ClFN3O/c1-16(2)4-3-11(18)10-6-15-12-9(14)5-8(13)7-17(10)12/h3-7H,1-2H3. The van der Waals surface area contributed by atoms with E-state index in [-0.39, 0.29) is 22.1 Å². The Morgan fingerprint density at radius 3 is 2.94 bits per heavy atom. The van der Waals surface area contributed by atoms with E-state index in [1.165, 1.54) is 22.9 Å². The molecule has 0 aliphatic rings. The summed E-state index contributed by atoms with van der Waals surface area (Å²) >= 11 is 5.76. The van der Waals surface area contributed by atoms with Crippen LogP contribution < -0.4 is 0 Å². The van der Waals surface area contributed by atoms with E-state index >= 15 is 0 Å². The fourth-order valence-electron chi connectivity index (χ4n) is 1.50. The molecular formula is C12H11ClFN3O. The summed E-state index contributed by atoms with van der Waals surface area (Å²) in [5, 5.41) is 0.212. The summed E-state index contributed by atoms with van der Waals surface area (Å²) in [6.45, 7) is 0. The minimum Gasteiger partial charge on any atom is -0.383 e. The number of nitrogens with zero attached hydrogens (tertiary/aromatic N) is 3. The number of halogens is 2. The average molecular weight is 268 g/mol. The zero-order valence-electron chi connectivity index (χ0n) is 9.89. The highest BCUT2D eigenvalue weighted by Gasteiger charge is 2.13. The van der Waals surface area contributed by atoms with Crippen LogP contribution in [0.1, 0.15) is 10.5 Å². The van der Waals surface area contributed by atoms with Gasteiger partial charge in [0.2, 0.25) is 5.78 Å². The van der Waals surface area contributed by atoms with E-state index in [0.29, 0.717) is 0 Å². The van der Waals surface area contributed by atoms with Gasteiger partial charge in [0.25, 0.3) is 0 Å². The topological polar surface area (TPSA) is 37.6 Å². The van der Waals surface area contributed by atoms with E-state index in [4.69, 9.17) is 11.6 Å². The molecule has 0 aromatic carbocycles. The van der Waals surface area contributed by atoms with Crippen molar-refractivity contribution in [1.29, 1.82) is 0 Å². The van der Waals surface area contributed by atoms with Gasteiger partial charge in [-0.05, 0) is 6.07 Å². The van der Waals surface area contributed by atoms with Crippen molar-refractivity contribution < 1.29 is 9.18 Å². The van der Waals surface area contributed by atoms with Gasteiger partial charge in [-0.25, -0.2) is 9.37 Å². The van der Waals surface area contributed by atoms with Gasteiger partial charge in [-0.15, -0.1) is 0 Å². The number of carbonyl (C=O) groups is 1. The normalized spacial score (nSPS) is 11.3. The van der Waals surface area contributed by atoms with Crippen molar-refractivity contribution in [2.24, 2.45) is 0 Å². The van der Waals surface area contributed by atoms with E-state index in [1.54, 1.807) is 25.2 Å². The van der Waals surface area contributed by atoms with Crippen LogP contribution in [0, 0.1) is 5.82 Å². The van der Waals surface area contributed by atoms with E-state index in [0.717, 1.165) is 6.07 Å². The maximum atomic E-state index is 13.5. The lowest BCUT2D eigenvalue weighted by atomic mass is 10.3. The molecule has 94 valence electrons. The molecule has 0 fully saturated rings. The molecule has 4 nitrogen and oxygen atoms in total. The highest BCUT2D eigenvalue weighted by atomic mass is 35.5. The van der Waals surface area contributed by atoms with Crippen molar-refractivity contribution >= 4 is 23.0 Å². The van der Waals surface area contributed by atoms with Gasteiger partial charge in [0.15, 0.2) is 11.5 Å². The third-order valence-electron chi connectivity index (χ3n) is 2.30. The molecule has 0 atom stereocenters. The molecule has 0 saturated carbocycles. The van der Waals surface area contributed by atoms with Gasteiger partial charge in [0.05, 0.1) is 11.2 Å². The van der Waals surface area contributed by atoms with Gasteiger partial charge >= 0.3 is 0 Å². The molecule has 0 amide bonds. The van der Waals surface area contributed by atoms with Crippen LogP contribution in [0.4, 0.5) is 4.39 Å². The summed E-state index contributed by atoms with van der Waals surface area (Å²) < 4.78 is 14.9. The smallest absolute Gasteiger partial charge is 0.205 e. The molecule has 0 aliphatic carbocycles. The summed E-state index contributed by atoms with van der Waals surface area (Å²) in [6, 6.07) is 1.16. The lowest BCUT2D eigenvalue weighted by Crippen LogP contribution is -2.05. The summed E-state index contributed by atoms with van der Waals surface area (Å²) in [5.74, 6) is -0.823. The first-order valence-corrected chi connectivity index (χ1v) is 5.58. The van der Waals surface area contributed by atoms with Gasteiger partial charge in [0.1, 0.15) is 5.69 Å². The Morgan fingerprint density at radius 2 is 2.28 bits per heavy atom. The van der Waals surface area contributed by atoms with Gasteiger partial charge < -0.3 is 4.90 Å². The zero-order valence-corrected chi connectivity index (χ0v) is 10.6. The number of hydrogen-bond acceptors (Lipinski definition) is 3. The minimum atomic E-state index is -0.557. The minimum absolute atomic E-state index is 0.0843. The molecule has 6 heteroatoms. The average Bonchev–Trinajstić information content (AvgIpc) is 2.69. The Kier molecular flexibility index (Phi) is 3.34. The van der Waals surface area contributed by atoms with Crippen LogP contribution in [0.3, 0.4) is 0 Å². The SMILES string of the molecule is CN(C)C=CC(=O)c1cnc2c(F)cc(Cl)cn12. The Balaban J connectivity index is 2.49. The molecule has 0 bridgehead atoms. The first-order chi connectivity index (χ1) is 8.49. The van der Waals surface area contributed by atoms with E-state index in [9.17, 15) is 9.18 Å². The molecule has 0 N–H and O–H groups in total. The number of aromatic nitrogens is 2. The van der Waals surface area contributed by atoms with E-state index < -0.39 is 5.82 Å². The van der Waals surface area contributed by atoms with Crippen molar-refractivity contribution in [1.82, 2.24) is 14.3 Å². The number of pyridine rings is 1. The summed E-state index contributed by atoms with van der Waals surface area (Å²) in [6.07, 6.45) is 5.80. The molecule has 0 radical (unpaired) electrons. The van der Waals surface area contributed by atoms with Gasteiger partial charge in [-0.2, -0.15) is 0 Å². The quantitative estimate of drug-likeness (QED) is 0.633. The Bertz CT molecular complexity index is 634. The van der Waals surface area contributed by atoms with Gasteiger partial charge in [0, 0.05) is 32.6 Å². The highest BCUT2D eigenvalue weighted by molar-refractivity contribution is 6.30. The molecule has 0 spiro atoms. The maximum Gasteiger partial charge on any atom is 0.205 e. The molecule has 2 aromatic heterocycles. The van der Waals surface area contributed by atoms with Crippen LogP contribution in [0.5, 0.6) is 0 Å². The number of hydrogen-bond donors (Lipinski definition) is 0. The number of ketones is 1. The Hall–Kier alpha value is -1.88. The zero-order chi connectivity index (χ0) is 13.3. The Labute approximate surface area is 108 Å². The molecule has 2 heterocycles. The summed E-state index contributed by atoms with van der Waals surface area (Å²) in [4.78, 5) is 17.5. The van der Waals surface area contributed by atoms with Gasteiger partial charge in [-0.1, -0.05) is 11.6 Å². The first kappa shape index (κ1) is 12.6. The largest absolute Gasteiger partial charge is 0.383 e. The second-order valence-electron chi connectivity index (χ2n) is 3.99. The van der Waals surface area contributed by atoms with Crippen LogP contribution in [0.2, 0.25) is 5.02 Å². The highest BCUT2D eigenvalue weighted by Crippen LogP contribution is 2.17. The fraction of sp³-hybridized carbons (Fsp3) is 0.167. The third kappa shape index (κ3) is 2.36. The van der Waals surface area contributed by atoms with Crippen LogP contribution in [-0.4, -0.2) is 34.2 Å². The van der Waals surface area contributed by atoms with Crippen molar-refractivity contribution in [2.45, 2.75) is 0 Å². The van der Waals surface area contributed by atoms with E-state index in [2.05, 4.69) is 4.98 Å². The third-order valence-corrected chi connectivity index (χ3v) is 2.51. The van der Waals surface area contributed by atoms with Crippen molar-refractivity contribution in [3.63, 3.8) is 0 Å². The fourth-order valence-corrected chi connectivity index (χ4v) is 1.69. The second kappa shape index (κ2) is 4.78. The molecule has 2 aromatic rings. The molecule has 0 saturated heterocycles. The number of allylic oxidation sites excluding steroid dienone is 1. The van der Waals surface area contributed by atoms with Crippen molar-refractivity contribution in [2.75, 3.05) is 14.1 Å². The molecular weight excluding hydrogens is 257 g/mol. The van der Waals surface area contributed by atoms with Crippen LogP contribution >= 0.6 is 11.6 Å². The first-order valence-electron chi connectivity index (χ1n) is 5.20. The lowest BCUT2D eigenvalue weighted by Gasteiger charge is -2.03. The predicted molar refractivity (Wildman–Crippen MR) is 67.3 cm³/mol. The monoisotopic (exact) mass is 267 g/mol. The second-order valence-corrected chi connectivity index (χ2v) is 4.42. The van der Waals surface area contributed by atoms with E-state index in [1.807, 2.05) is 0 Å². The lowest BCUT2D eigenvalue weighted by molar-refractivity contribution is 0.104. The van der Waals surface area contributed by atoms with Crippen LogP contribution in [0.25, 0.3) is 5.65 Å². The Morgan fingerprint density at radius 1 is 1.56 bits per heavy atom.